The Bertz CT molecular complexity index is 610. The molecule has 0 aliphatic rings. The predicted octanol–water partition coefficient (Wildman–Crippen LogP) is 1.59. The Morgan fingerprint density at radius 2 is 2.30 bits per heavy atom. The van der Waals surface area contributed by atoms with Gasteiger partial charge in [-0.05, 0) is 30.7 Å². The summed E-state index contributed by atoms with van der Waals surface area (Å²) in [6.07, 6.45) is 2.02. The lowest BCUT2D eigenvalue weighted by molar-refractivity contribution is 0.0695. The zero-order valence-electron chi connectivity index (χ0n) is 11.1. The van der Waals surface area contributed by atoms with Gasteiger partial charge >= 0.3 is 5.97 Å². The molecule has 106 valence electrons. The quantitative estimate of drug-likeness (QED) is 0.787. The van der Waals surface area contributed by atoms with Gasteiger partial charge in [0, 0.05) is 13.6 Å². The molecule has 6 heteroatoms. The Morgan fingerprint density at radius 3 is 3.00 bits per heavy atom. The second-order valence-electron chi connectivity index (χ2n) is 4.49. The molecule has 2 aromatic rings. The van der Waals surface area contributed by atoms with Crippen LogP contribution in [0.2, 0.25) is 0 Å². The van der Waals surface area contributed by atoms with Crippen molar-refractivity contribution in [2.75, 3.05) is 6.54 Å². The minimum atomic E-state index is -0.986. The van der Waals surface area contributed by atoms with Crippen LogP contribution < -0.4 is 5.32 Å². The molecular formula is C14H16FN3O2. The number of rotatable bonds is 6. The summed E-state index contributed by atoms with van der Waals surface area (Å²) in [7, 11) is 1.70. The number of benzene rings is 1. The maximum atomic E-state index is 13.0. The third-order valence-electron chi connectivity index (χ3n) is 3.06. The number of aromatic nitrogens is 2. The number of carbonyl (C=O) groups is 1. The number of nitrogens with one attached hydrogen (secondary N) is 1. The molecule has 0 aliphatic heterocycles. The molecule has 2 N–H and O–H groups in total. The maximum absolute atomic E-state index is 13.0. The number of hydrogen-bond donors (Lipinski definition) is 2. The van der Waals surface area contributed by atoms with Crippen LogP contribution in [0.3, 0.4) is 0 Å². The molecule has 1 aromatic heterocycles. The third-order valence-corrected chi connectivity index (χ3v) is 3.06. The van der Waals surface area contributed by atoms with E-state index in [1.54, 1.807) is 17.8 Å². The molecule has 0 unspecified atom stereocenters. The highest BCUT2D eigenvalue weighted by Crippen LogP contribution is 2.07. The third kappa shape index (κ3) is 3.42. The average molecular weight is 277 g/mol. The van der Waals surface area contributed by atoms with Gasteiger partial charge in [0.2, 0.25) is 0 Å². The number of halogens is 1. The fraction of sp³-hybridized carbons (Fsp3) is 0.286. The lowest BCUT2D eigenvalue weighted by atomic mass is 10.1. The van der Waals surface area contributed by atoms with Crippen molar-refractivity contribution in [3.05, 3.63) is 53.1 Å². The van der Waals surface area contributed by atoms with Crippen LogP contribution in [-0.2, 0) is 20.0 Å². The molecule has 0 saturated heterocycles. The maximum Gasteiger partial charge on any atom is 0.339 e. The van der Waals surface area contributed by atoms with Crippen molar-refractivity contribution in [2.45, 2.75) is 13.0 Å². The van der Waals surface area contributed by atoms with E-state index in [9.17, 15) is 9.18 Å². The predicted molar refractivity (Wildman–Crippen MR) is 72.0 cm³/mol. The lowest BCUT2D eigenvalue weighted by Crippen LogP contribution is -2.20. The van der Waals surface area contributed by atoms with Gasteiger partial charge in [-0.3, -0.25) is 4.68 Å². The number of hydrogen-bond acceptors (Lipinski definition) is 3. The number of carboxylic acids is 1. The van der Waals surface area contributed by atoms with Crippen LogP contribution in [0.5, 0.6) is 0 Å². The van der Waals surface area contributed by atoms with E-state index in [-0.39, 0.29) is 11.4 Å². The van der Waals surface area contributed by atoms with Crippen molar-refractivity contribution in [1.82, 2.24) is 15.1 Å². The molecule has 0 fully saturated rings. The molecule has 0 amide bonds. The van der Waals surface area contributed by atoms with E-state index in [0.29, 0.717) is 25.2 Å². The van der Waals surface area contributed by atoms with Crippen LogP contribution in [-0.4, -0.2) is 27.4 Å². The van der Waals surface area contributed by atoms with Gasteiger partial charge in [0.15, 0.2) is 0 Å². The van der Waals surface area contributed by atoms with Gasteiger partial charge in [0.1, 0.15) is 11.4 Å². The first-order valence-corrected chi connectivity index (χ1v) is 6.27. The fourth-order valence-electron chi connectivity index (χ4n) is 1.98. The Morgan fingerprint density at radius 1 is 1.50 bits per heavy atom. The summed E-state index contributed by atoms with van der Waals surface area (Å²) < 4.78 is 14.5. The van der Waals surface area contributed by atoms with Crippen LogP contribution in [0.25, 0.3) is 0 Å². The van der Waals surface area contributed by atoms with Gasteiger partial charge in [-0.1, -0.05) is 12.1 Å². The smallest absolute Gasteiger partial charge is 0.339 e. The van der Waals surface area contributed by atoms with E-state index in [2.05, 4.69) is 10.4 Å². The summed E-state index contributed by atoms with van der Waals surface area (Å²) in [4.78, 5) is 11.0. The molecule has 0 radical (unpaired) electrons. The van der Waals surface area contributed by atoms with Gasteiger partial charge in [-0.15, -0.1) is 0 Å². The van der Waals surface area contributed by atoms with E-state index >= 15 is 0 Å². The standard InChI is InChI=1S/C14H16FN3O2/c1-18-13(12(8-17-18)14(19)20)9-16-6-5-10-3-2-4-11(15)7-10/h2-4,7-8,16H,5-6,9H2,1H3,(H,19,20). The molecule has 0 spiro atoms. The second-order valence-corrected chi connectivity index (χ2v) is 4.49. The summed E-state index contributed by atoms with van der Waals surface area (Å²) >= 11 is 0. The first-order valence-electron chi connectivity index (χ1n) is 6.27. The van der Waals surface area contributed by atoms with E-state index in [1.807, 2.05) is 6.07 Å². The normalized spacial score (nSPS) is 10.7. The number of carboxylic acid groups (broad SMARTS) is 1. The van der Waals surface area contributed by atoms with Crippen LogP contribution in [0.4, 0.5) is 4.39 Å². The summed E-state index contributed by atoms with van der Waals surface area (Å²) in [5.41, 5.74) is 1.73. The molecule has 0 atom stereocenters. The molecule has 0 saturated carbocycles. The van der Waals surface area contributed by atoms with Gasteiger partial charge in [0.25, 0.3) is 0 Å². The van der Waals surface area contributed by atoms with E-state index in [0.717, 1.165) is 5.56 Å². The van der Waals surface area contributed by atoms with Crippen LogP contribution >= 0.6 is 0 Å². The average Bonchev–Trinajstić information content (AvgIpc) is 2.76. The summed E-state index contributed by atoms with van der Waals surface area (Å²) in [5, 5.41) is 16.1. The van der Waals surface area contributed by atoms with Crippen LogP contribution in [0.15, 0.2) is 30.5 Å². The van der Waals surface area contributed by atoms with Gasteiger partial charge in [-0.25, -0.2) is 9.18 Å². The second kappa shape index (κ2) is 6.29. The largest absolute Gasteiger partial charge is 0.478 e. The SMILES string of the molecule is Cn1ncc(C(=O)O)c1CNCCc1cccc(F)c1. The fourth-order valence-corrected chi connectivity index (χ4v) is 1.98. The van der Waals surface area contributed by atoms with Crippen molar-refractivity contribution in [3.8, 4) is 0 Å². The summed E-state index contributed by atoms with van der Waals surface area (Å²) in [5.74, 6) is -1.23. The Kier molecular flexibility index (Phi) is 4.47. The van der Waals surface area contributed by atoms with Crippen molar-refractivity contribution in [1.29, 1.82) is 0 Å². The van der Waals surface area contributed by atoms with Gasteiger partial charge in [-0.2, -0.15) is 5.10 Å². The molecule has 1 heterocycles. The van der Waals surface area contributed by atoms with E-state index < -0.39 is 5.97 Å². The number of nitrogens with zero attached hydrogens (tertiary/aromatic N) is 2. The minimum Gasteiger partial charge on any atom is -0.478 e. The summed E-state index contributed by atoms with van der Waals surface area (Å²) in [6.45, 7) is 1.04. The Balaban J connectivity index is 1.87. The zero-order chi connectivity index (χ0) is 14.5. The van der Waals surface area contributed by atoms with Crippen molar-refractivity contribution >= 4 is 5.97 Å². The molecule has 0 aliphatic carbocycles. The highest BCUT2D eigenvalue weighted by Gasteiger charge is 2.14. The monoisotopic (exact) mass is 277 g/mol. The number of aryl methyl sites for hydroxylation is 1. The molecular weight excluding hydrogens is 261 g/mol. The van der Waals surface area contributed by atoms with E-state index in [1.165, 1.54) is 18.3 Å². The zero-order valence-corrected chi connectivity index (χ0v) is 11.1. The first kappa shape index (κ1) is 14.2. The molecule has 20 heavy (non-hydrogen) atoms. The topological polar surface area (TPSA) is 67.2 Å². The Hall–Kier alpha value is -2.21. The van der Waals surface area contributed by atoms with Crippen LogP contribution in [0.1, 0.15) is 21.6 Å². The van der Waals surface area contributed by atoms with Crippen molar-refractivity contribution < 1.29 is 14.3 Å². The van der Waals surface area contributed by atoms with E-state index in [4.69, 9.17) is 5.11 Å². The Labute approximate surface area is 116 Å². The molecule has 1 aromatic carbocycles. The first-order chi connectivity index (χ1) is 9.58. The highest BCUT2D eigenvalue weighted by atomic mass is 19.1. The summed E-state index contributed by atoms with van der Waals surface area (Å²) in [6, 6.07) is 6.44. The van der Waals surface area contributed by atoms with Gasteiger partial charge in [0.05, 0.1) is 11.9 Å². The minimum absolute atomic E-state index is 0.200. The van der Waals surface area contributed by atoms with Crippen LogP contribution in [0, 0.1) is 5.82 Å². The molecule has 0 bridgehead atoms. The highest BCUT2D eigenvalue weighted by molar-refractivity contribution is 5.88. The molecule has 2 rings (SSSR count). The van der Waals surface area contributed by atoms with Gasteiger partial charge < -0.3 is 10.4 Å². The molecule has 5 nitrogen and oxygen atoms in total. The number of aromatic carboxylic acids is 1. The van der Waals surface area contributed by atoms with Crippen molar-refractivity contribution in [2.24, 2.45) is 7.05 Å². The van der Waals surface area contributed by atoms with Crippen molar-refractivity contribution in [3.63, 3.8) is 0 Å². The lowest BCUT2D eigenvalue weighted by Gasteiger charge is -2.07.